The van der Waals surface area contributed by atoms with Crippen LogP contribution in [0.3, 0.4) is 0 Å². The zero-order valence-corrected chi connectivity index (χ0v) is 11.8. The Morgan fingerprint density at radius 2 is 1.82 bits per heavy atom. The van der Waals surface area contributed by atoms with Crippen molar-refractivity contribution in [3.8, 4) is 0 Å². The smallest absolute Gasteiger partial charge is 0.305 e. The van der Waals surface area contributed by atoms with E-state index in [9.17, 15) is 14.0 Å². The summed E-state index contributed by atoms with van der Waals surface area (Å²) in [6.45, 7) is 0. The van der Waals surface area contributed by atoms with Crippen LogP contribution in [0.4, 0.5) is 4.39 Å². The Balaban J connectivity index is 2.06. The Kier molecular flexibility index (Phi) is 5.25. The average molecular weight is 301 g/mol. The number of carbonyl (C=O) groups excluding carboxylic acids is 1. The Morgan fingerprint density at radius 3 is 2.45 bits per heavy atom. The minimum atomic E-state index is -1.00. The van der Waals surface area contributed by atoms with Gasteiger partial charge in [-0.1, -0.05) is 42.5 Å². The van der Waals surface area contributed by atoms with Gasteiger partial charge in [-0.05, 0) is 23.3 Å². The van der Waals surface area contributed by atoms with E-state index in [0.29, 0.717) is 5.56 Å². The lowest BCUT2D eigenvalue weighted by molar-refractivity contribution is -0.137. The normalized spacial score (nSPS) is 11.7. The van der Waals surface area contributed by atoms with Gasteiger partial charge in [-0.3, -0.25) is 9.59 Å². The summed E-state index contributed by atoms with van der Waals surface area (Å²) in [6, 6.07) is 14.1. The maximum absolute atomic E-state index is 13.1. The lowest BCUT2D eigenvalue weighted by atomic mass is 10.0. The zero-order chi connectivity index (χ0) is 15.9. The van der Waals surface area contributed by atoms with Crippen LogP contribution in [0.25, 0.3) is 0 Å². The number of carbonyl (C=O) groups is 2. The number of aliphatic carboxylic acids is 1. The van der Waals surface area contributed by atoms with Crippen LogP contribution >= 0.6 is 0 Å². The molecule has 2 rings (SSSR count). The van der Waals surface area contributed by atoms with Crippen molar-refractivity contribution >= 4 is 11.9 Å². The molecule has 0 heterocycles. The SMILES string of the molecule is O=C(O)CC(NC(=O)Cc1cccc(F)c1)c1ccccc1. The van der Waals surface area contributed by atoms with Gasteiger partial charge in [0.1, 0.15) is 5.82 Å². The third-order valence-corrected chi connectivity index (χ3v) is 3.17. The number of carboxylic acid groups (broad SMARTS) is 1. The highest BCUT2D eigenvalue weighted by Crippen LogP contribution is 2.17. The second-order valence-electron chi connectivity index (χ2n) is 4.94. The quantitative estimate of drug-likeness (QED) is 0.862. The third-order valence-electron chi connectivity index (χ3n) is 3.17. The van der Waals surface area contributed by atoms with Crippen LogP contribution in [-0.2, 0) is 16.0 Å². The highest BCUT2D eigenvalue weighted by Gasteiger charge is 2.18. The molecule has 1 unspecified atom stereocenters. The number of carboxylic acids is 1. The molecule has 22 heavy (non-hydrogen) atoms. The van der Waals surface area contributed by atoms with Gasteiger partial charge in [-0.15, -0.1) is 0 Å². The maximum atomic E-state index is 13.1. The molecule has 2 aromatic carbocycles. The number of nitrogens with one attached hydrogen (secondary N) is 1. The van der Waals surface area contributed by atoms with E-state index in [1.165, 1.54) is 18.2 Å². The number of amides is 1. The molecule has 0 saturated heterocycles. The van der Waals surface area contributed by atoms with Crippen molar-refractivity contribution in [2.24, 2.45) is 0 Å². The molecule has 0 aliphatic carbocycles. The second-order valence-corrected chi connectivity index (χ2v) is 4.94. The summed E-state index contributed by atoms with van der Waals surface area (Å²) in [5.74, 6) is -1.75. The summed E-state index contributed by atoms with van der Waals surface area (Å²) >= 11 is 0. The number of halogens is 1. The molecule has 114 valence electrons. The second kappa shape index (κ2) is 7.36. The molecule has 2 aromatic rings. The maximum Gasteiger partial charge on any atom is 0.305 e. The standard InChI is InChI=1S/C17H16FNO3/c18-14-8-4-5-12(9-14)10-16(20)19-15(11-17(21)22)13-6-2-1-3-7-13/h1-9,15H,10-11H2,(H,19,20)(H,21,22). The van der Waals surface area contributed by atoms with Crippen molar-refractivity contribution in [3.63, 3.8) is 0 Å². The largest absolute Gasteiger partial charge is 0.481 e. The predicted molar refractivity (Wildman–Crippen MR) is 79.7 cm³/mol. The first-order chi connectivity index (χ1) is 10.5. The molecule has 0 saturated carbocycles. The van der Waals surface area contributed by atoms with E-state index in [2.05, 4.69) is 5.32 Å². The fourth-order valence-corrected chi connectivity index (χ4v) is 2.19. The van der Waals surface area contributed by atoms with E-state index >= 15 is 0 Å². The lowest BCUT2D eigenvalue weighted by Gasteiger charge is -2.17. The van der Waals surface area contributed by atoms with Gasteiger partial charge in [0.25, 0.3) is 0 Å². The van der Waals surface area contributed by atoms with Crippen molar-refractivity contribution in [2.75, 3.05) is 0 Å². The minimum absolute atomic E-state index is 0.000707. The van der Waals surface area contributed by atoms with E-state index in [1.54, 1.807) is 30.3 Å². The molecule has 0 aliphatic heterocycles. The molecular formula is C17H16FNO3. The topological polar surface area (TPSA) is 66.4 Å². The molecule has 5 heteroatoms. The number of hydrogen-bond acceptors (Lipinski definition) is 2. The first-order valence-electron chi connectivity index (χ1n) is 6.85. The molecule has 1 atom stereocenters. The van der Waals surface area contributed by atoms with Crippen molar-refractivity contribution in [3.05, 3.63) is 71.5 Å². The summed E-state index contributed by atoms with van der Waals surface area (Å²) in [4.78, 5) is 23.0. The molecule has 0 aliphatic rings. The van der Waals surface area contributed by atoms with Gasteiger partial charge in [0, 0.05) is 0 Å². The monoisotopic (exact) mass is 301 g/mol. The van der Waals surface area contributed by atoms with Crippen molar-refractivity contribution < 1.29 is 19.1 Å². The van der Waals surface area contributed by atoms with Crippen LogP contribution in [0, 0.1) is 5.82 Å². The number of rotatable bonds is 6. The Hall–Kier alpha value is -2.69. The van der Waals surface area contributed by atoms with Gasteiger partial charge in [-0.2, -0.15) is 0 Å². The van der Waals surface area contributed by atoms with E-state index in [4.69, 9.17) is 5.11 Å². The van der Waals surface area contributed by atoms with Crippen molar-refractivity contribution in [1.29, 1.82) is 0 Å². The lowest BCUT2D eigenvalue weighted by Crippen LogP contribution is -2.31. The van der Waals surface area contributed by atoms with Gasteiger partial charge in [0.2, 0.25) is 5.91 Å². The first-order valence-corrected chi connectivity index (χ1v) is 6.85. The molecule has 0 spiro atoms. The van der Waals surface area contributed by atoms with Crippen LogP contribution < -0.4 is 5.32 Å². The van der Waals surface area contributed by atoms with Gasteiger partial charge < -0.3 is 10.4 Å². The van der Waals surface area contributed by atoms with Gasteiger partial charge in [-0.25, -0.2) is 4.39 Å². The molecule has 0 radical (unpaired) electrons. The Morgan fingerprint density at radius 1 is 1.09 bits per heavy atom. The van der Waals surface area contributed by atoms with Crippen molar-refractivity contribution in [1.82, 2.24) is 5.32 Å². The summed E-state index contributed by atoms with van der Waals surface area (Å²) in [7, 11) is 0. The molecule has 4 nitrogen and oxygen atoms in total. The van der Waals surface area contributed by atoms with Crippen LogP contribution in [0.1, 0.15) is 23.6 Å². The number of hydrogen-bond donors (Lipinski definition) is 2. The Labute approximate surface area is 127 Å². The highest BCUT2D eigenvalue weighted by molar-refractivity contribution is 5.80. The van der Waals surface area contributed by atoms with Crippen LogP contribution in [0.2, 0.25) is 0 Å². The zero-order valence-electron chi connectivity index (χ0n) is 11.8. The fourth-order valence-electron chi connectivity index (χ4n) is 2.19. The fraction of sp³-hybridized carbons (Fsp3) is 0.176. The Bertz CT molecular complexity index is 658. The van der Waals surface area contributed by atoms with Crippen LogP contribution in [0.15, 0.2) is 54.6 Å². The van der Waals surface area contributed by atoms with Gasteiger partial charge in [0.05, 0.1) is 18.9 Å². The van der Waals surface area contributed by atoms with E-state index < -0.39 is 17.8 Å². The molecular weight excluding hydrogens is 285 g/mol. The molecule has 2 N–H and O–H groups in total. The summed E-state index contributed by atoms with van der Waals surface area (Å²) in [5, 5.41) is 11.7. The van der Waals surface area contributed by atoms with E-state index in [-0.39, 0.29) is 18.7 Å². The third kappa shape index (κ3) is 4.70. The average Bonchev–Trinajstić information content (AvgIpc) is 2.47. The van der Waals surface area contributed by atoms with Gasteiger partial charge in [0.15, 0.2) is 0 Å². The van der Waals surface area contributed by atoms with Crippen LogP contribution in [0.5, 0.6) is 0 Å². The highest BCUT2D eigenvalue weighted by atomic mass is 19.1. The summed E-state index contributed by atoms with van der Waals surface area (Å²) in [6.07, 6.45) is -0.209. The number of benzene rings is 2. The van der Waals surface area contributed by atoms with Gasteiger partial charge >= 0.3 is 5.97 Å². The first kappa shape index (κ1) is 15.7. The summed E-state index contributed by atoms with van der Waals surface area (Å²) in [5.41, 5.74) is 1.26. The minimum Gasteiger partial charge on any atom is -0.481 e. The summed E-state index contributed by atoms with van der Waals surface area (Å²) < 4.78 is 13.1. The molecule has 1 amide bonds. The van der Waals surface area contributed by atoms with Crippen molar-refractivity contribution in [2.45, 2.75) is 18.9 Å². The predicted octanol–water partition coefficient (Wildman–Crippen LogP) is 2.70. The molecule has 0 fully saturated rings. The molecule has 0 bridgehead atoms. The van der Waals surface area contributed by atoms with E-state index in [1.807, 2.05) is 6.07 Å². The van der Waals surface area contributed by atoms with Crippen LogP contribution in [-0.4, -0.2) is 17.0 Å². The molecule has 0 aromatic heterocycles. The van der Waals surface area contributed by atoms with E-state index in [0.717, 1.165) is 5.56 Å².